The average Bonchev–Trinajstić information content (AvgIpc) is 2.67. The molecule has 96 valence electrons. The number of carboxylic acids is 1. The van der Waals surface area contributed by atoms with Crippen LogP contribution < -0.4 is 4.90 Å². The number of aliphatic carboxylic acids is 1. The molecule has 0 fully saturated rings. The Balaban J connectivity index is 2.34. The van der Waals surface area contributed by atoms with Crippen LogP contribution in [0.5, 0.6) is 0 Å². The van der Waals surface area contributed by atoms with Crippen molar-refractivity contribution in [3.05, 3.63) is 29.8 Å². The minimum absolute atomic E-state index is 0.278. The maximum absolute atomic E-state index is 12.0. The van der Waals surface area contributed by atoms with Crippen molar-refractivity contribution in [3.63, 3.8) is 0 Å². The van der Waals surface area contributed by atoms with Crippen LogP contribution in [-0.4, -0.2) is 29.3 Å². The number of benzene rings is 1. The van der Waals surface area contributed by atoms with Crippen LogP contribution in [0.2, 0.25) is 0 Å². The largest absolute Gasteiger partial charge is 0.480 e. The van der Waals surface area contributed by atoms with Crippen molar-refractivity contribution in [2.75, 3.05) is 4.90 Å². The Labute approximate surface area is 105 Å². The molecule has 1 N–H and O–H groups in total. The van der Waals surface area contributed by atoms with Crippen LogP contribution in [0.3, 0.4) is 0 Å². The predicted octanol–water partition coefficient (Wildman–Crippen LogP) is 2.05. The molecule has 1 aromatic rings. The number of hydrogen-bond acceptors (Lipinski definition) is 3. The van der Waals surface area contributed by atoms with Gasteiger partial charge in [-0.3, -0.25) is 4.90 Å². The zero-order valence-corrected chi connectivity index (χ0v) is 10.3. The fourth-order valence-electron chi connectivity index (χ4n) is 2.07. The summed E-state index contributed by atoms with van der Waals surface area (Å²) in [6.45, 7) is 3.46. The molecule has 1 atom stereocenters. The first-order valence-corrected chi connectivity index (χ1v) is 5.81. The van der Waals surface area contributed by atoms with Gasteiger partial charge < -0.3 is 9.84 Å². The van der Waals surface area contributed by atoms with Crippen molar-refractivity contribution < 1.29 is 19.4 Å². The van der Waals surface area contributed by atoms with Crippen molar-refractivity contribution in [2.24, 2.45) is 0 Å². The summed E-state index contributed by atoms with van der Waals surface area (Å²) in [6, 6.07) is 6.29. The number of rotatable bonds is 2. The summed E-state index contributed by atoms with van der Waals surface area (Å²) in [5.41, 5.74) is 1.47. The Morgan fingerprint density at radius 1 is 1.39 bits per heavy atom. The summed E-state index contributed by atoms with van der Waals surface area (Å²) in [5, 5.41) is 9.19. The van der Waals surface area contributed by atoms with E-state index in [2.05, 4.69) is 0 Å². The van der Waals surface area contributed by atoms with Crippen molar-refractivity contribution >= 4 is 17.7 Å². The quantitative estimate of drug-likeness (QED) is 0.871. The van der Waals surface area contributed by atoms with E-state index in [4.69, 9.17) is 4.74 Å². The number of ether oxygens (including phenoxy) is 1. The van der Waals surface area contributed by atoms with Gasteiger partial charge in [0.05, 0.1) is 11.8 Å². The lowest BCUT2D eigenvalue weighted by atomic mass is 10.1. The van der Waals surface area contributed by atoms with Crippen LogP contribution in [0.15, 0.2) is 24.3 Å². The number of fused-ring (bicyclic) bond motifs is 1. The molecule has 0 saturated heterocycles. The molecule has 0 aliphatic carbocycles. The van der Waals surface area contributed by atoms with Crippen LogP contribution in [0.4, 0.5) is 10.5 Å². The van der Waals surface area contributed by atoms with Gasteiger partial charge in [0.25, 0.3) is 0 Å². The Morgan fingerprint density at radius 2 is 2.06 bits per heavy atom. The number of carbonyl (C=O) groups is 2. The second-order valence-electron chi connectivity index (χ2n) is 4.49. The van der Waals surface area contributed by atoms with E-state index in [1.807, 2.05) is 12.1 Å². The summed E-state index contributed by atoms with van der Waals surface area (Å²) >= 11 is 0. The van der Waals surface area contributed by atoms with Gasteiger partial charge in [-0.1, -0.05) is 18.2 Å². The molecule has 0 bridgehead atoms. The highest BCUT2D eigenvalue weighted by Gasteiger charge is 2.39. The van der Waals surface area contributed by atoms with E-state index in [0.29, 0.717) is 12.1 Å². The molecule has 2 rings (SSSR count). The summed E-state index contributed by atoms with van der Waals surface area (Å²) in [5.74, 6) is -1.02. The standard InChI is InChI=1S/C13H15NO4/c1-8(2)18-13(17)14-10-6-4-3-5-9(10)7-11(14)12(15)16/h3-6,8,11H,7H2,1-2H3,(H,15,16)/t11-/m1/s1. The van der Waals surface area contributed by atoms with Gasteiger partial charge in [-0.05, 0) is 25.5 Å². The molecular formula is C13H15NO4. The SMILES string of the molecule is CC(C)OC(=O)N1c2ccccc2C[C@@H]1C(=O)O. The van der Waals surface area contributed by atoms with Crippen LogP contribution in [0.1, 0.15) is 19.4 Å². The first-order valence-electron chi connectivity index (χ1n) is 5.81. The zero-order valence-electron chi connectivity index (χ0n) is 10.3. The third-order valence-electron chi connectivity index (χ3n) is 2.79. The van der Waals surface area contributed by atoms with Crippen molar-refractivity contribution in [1.29, 1.82) is 0 Å². The number of carbonyl (C=O) groups excluding carboxylic acids is 1. The number of anilines is 1. The van der Waals surface area contributed by atoms with Crippen molar-refractivity contribution in [2.45, 2.75) is 32.4 Å². The van der Waals surface area contributed by atoms with E-state index in [1.54, 1.807) is 26.0 Å². The Morgan fingerprint density at radius 3 is 2.67 bits per heavy atom. The molecule has 0 saturated carbocycles. The maximum atomic E-state index is 12.0. The minimum atomic E-state index is -1.02. The molecule has 1 heterocycles. The molecule has 1 aliphatic rings. The normalized spacial score (nSPS) is 17.7. The summed E-state index contributed by atoms with van der Waals surface area (Å²) in [6.07, 6.45) is -0.569. The van der Waals surface area contributed by atoms with Gasteiger partial charge in [0.15, 0.2) is 0 Å². The zero-order chi connectivity index (χ0) is 13.3. The van der Waals surface area contributed by atoms with E-state index in [-0.39, 0.29) is 6.10 Å². The Kier molecular flexibility index (Phi) is 3.23. The highest BCUT2D eigenvalue weighted by atomic mass is 16.6. The molecule has 1 aromatic carbocycles. The van der Waals surface area contributed by atoms with Crippen LogP contribution in [0, 0.1) is 0 Å². The monoisotopic (exact) mass is 249 g/mol. The number of nitrogens with zero attached hydrogens (tertiary/aromatic N) is 1. The number of carboxylic acid groups (broad SMARTS) is 1. The molecule has 0 unspecified atom stereocenters. The van der Waals surface area contributed by atoms with Crippen LogP contribution >= 0.6 is 0 Å². The van der Waals surface area contributed by atoms with Gasteiger partial charge in [0, 0.05) is 6.42 Å². The summed E-state index contributed by atoms with van der Waals surface area (Å²) in [4.78, 5) is 24.4. The lowest BCUT2D eigenvalue weighted by Gasteiger charge is -2.23. The first kappa shape index (κ1) is 12.4. The lowest BCUT2D eigenvalue weighted by Crippen LogP contribution is -2.43. The minimum Gasteiger partial charge on any atom is -0.480 e. The number of para-hydroxylation sites is 1. The number of hydrogen-bond donors (Lipinski definition) is 1. The number of amides is 1. The third-order valence-corrected chi connectivity index (χ3v) is 2.79. The average molecular weight is 249 g/mol. The summed E-state index contributed by atoms with van der Waals surface area (Å²) in [7, 11) is 0. The van der Waals surface area contributed by atoms with Crippen molar-refractivity contribution in [1.82, 2.24) is 0 Å². The first-order chi connectivity index (χ1) is 8.50. The van der Waals surface area contributed by atoms with E-state index >= 15 is 0 Å². The maximum Gasteiger partial charge on any atom is 0.415 e. The van der Waals surface area contributed by atoms with Gasteiger partial charge in [-0.2, -0.15) is 0 Å². The van der Waals surface area contributed by atoms with Gasteiger partial charge >= 0.3 is 12.1 Å². The molecule has 18 heavy (non-hydrogen) atoms. The van der Waals surface area contributed by atoms with E-state index in [9.17, 15) is 14.7 Å². The fourth-order valence-corrected chi connectivity index (χ4v) is 2.07. The molecule has 5 nitrogen and oxygen atoms in total. The predicted molar refractivity (Wildman–Crippen MR) is 65.7 cm³/mol. The van der Waals surface area contributed by atoms with Crippen LogP contribution in [-0.2, 0) is 16.0 Å². The highest BCUT2D eigenvalue weighted by molar-refractivity contribution is 5.98. The van der Waals surface area contributed by atoms with E-state index < -0.39 is 18.1 Å². The Bertz CT molecular complexity index is 484. The molecule has 5 heteroatoms. The van der Waals surface area contributed by atoms with E-state index in [0.717, 1.165) is 5.56 Å². The van der Waals surface area contributed by atoms with Gasteiger partial charge in [0.2, 0.25) is 0 Å². The molecule has 1 aliphatic heterocycles. The van der Waals surface area contributed by atoms with Gasteiger partial charge in [-0.25, -0.2) is 9.59 Å². The van der Waals surface area contributed by atoms with Crippen LogP contribution in [0.25, 0.3) is 0 Å². The highest BCUT2D eigenvalue weighted by Crippen LogP contribution is 2.32. The fraction of sp³-hybridized carbons (Fsp3) is 0.385. The lowest BCUT2D eigenvalue weighted by molar-refractivity contribution is -0.138. The molecule has 0 radical (unpaired) electrons. The van der Waals surface area contributed by atoms with Crippen molar-refractivity contribution in [3.8, 4) is 0 Å². The van der Waals surface area contributed by atoms with Gasteiger partial charge in [-0.15, -0.1) is 0 Å². The molecular weight excluding hydrogens is 234 g/mol. The second-order valence-corrected chi connectivity index (χ2v) is 4.49. The topological polar surface area (TPSA) is 66.8 Å². The second kappa shape index (κ2) is 4.68. The third kappa shape index (κ3) is 2.16. The van der Waals surface area contributed by atoms with E-state index in [1.165, 1.54) is 4.90 Å². The smallest absolute Gasteiger partial charge is 0.415 e. The molecule has 0 aromatic heterocycles. The Hall–Kier alpha value is -2.04. The molecule has 0 spiro atoms. The summed E-state index contributed by atoms with van der Waals surface area (Å²) < 4.78 is 5.10. The molecule has 1 amide bonds. The van der Waals surface area contributed by atoms with Gasteiger partial charge in [0.1, 0.15) is 6.04 Å².